The molecule has 0 bridgehead atoms. The summed E-state index contributed by atoms with van der Waals surface area (Å²) in [4.78, 5) is 15.6. The van der Waals surface area contributed by atoms with E-state index in [0.29, 0.717) is 30.0 Å². The fraction of sp³-hybridized carbons (Fsp3) is 0.318. The van der Waals surface area contributed by atoms with Crippen LogP contribution in [0.5, 0.6) is 5.75 Å². The van der Waals surface area contributed by atoms with Crippen molar-refractivity contribution in [1.29, 1.82) is 0 Å². The van der Waals surface area contributed by atoms with Gasteiger partial charge >= 0.3 is 0 Å². The fourth-order valence-corrected chi connectivity index (χ4v) is 5.51. The van der Waals surface area contributed by atoms with E-state index in [1.807, 2.05) is 0 Å². The molecule has 1 aliphatic rings. The predicted molar refractivity (Wildman–Crippen MR) is 121 cm³/mol. The van der Waals surface area contributed by atoms with E-state index >= 15 is 0 Å². The minimum atomic E-state index is -4.02. The Balaban J connectivity index is 1.72. The number of rotatable bonds is 7. The molecule has 0 amide bonds. The highest BCUT2D eigenvalue weighted by Crippen LogP contribution is 2.26. The van der Waals surface area contributed by atoms with Gasteiger partial charge in [0.1, 0.15) is 10.6 Å². The first-order chi connectivity index (χ1) is 15.4. The maximum absolute atomic E-state index is 13.5. The molecule has 4 rings (SSSR count). The average Bonchev–Trinajstić information content (AvgIpc) is 2.79. The summed E-state index contributed by atoms with van der Waals surface area (Å²) >= 11 is 6.19. The average molecular weight is 479 g/mol. The molecular formula is C22H23ClN2O6S. The van der Waals surface area contributed by atoms with Crippen LogP contribution in [0.2, 0.25) is 5.02 Å². The first kappa shape index (κ1) is 22.8. The van der Waals surface area contributed by atoms with Crippen molar-refractivity contribution < 1.29 is 22.6 Å². The third-order valence-electron chi connectivity index (χ3n) is 5.22. The first-order valence-corrected chi connectivity index (χ1v) is 11.8. The summed E-state index contributed by atoms with van der Waals surface area (Å²) in [5, 5.41) is 0.866. The number of pyridine rings is 1. The number of fused-ring (bicyclic) bond motifs is 1. The number of hydrogen-bond donors (Lipinski definition) is 1. The standard InChI is InChI=1S/C22H23ClN2O6S/c1-29-17-7-6-15-10-16(22(26)24-20(15)11-17)12-25(13-18-14-30-8-9-31-18)32(27,28)21-5-3-2-4-19(21)23/h2-7,10-11,18H,8-9,12-14H2,1H3,(H,24,26). The molecule has 2 heterocycles. The number of sulfonamides is 1. The van der Waals surface area contributed by atoms with Gasteiger partial charge in [-0.25, -0.2) is 8.42 Å². The third kappa shape index (κ3) is 4.82. The van der Waals surface area contributed by atoms with Crippen molar-refractivity contribution in [3.8, 4) is 5.75 Å². The lowest BCUT2D eigenvalue weighted by molar-refractivity contribution is -0.0923. The number of benzene rings is 2. The van der Waals surface area contributed by atoms with Gasteiger partial charge in [0, 0.05) is 24.7 Å². The van der Waals surface area contributed by atoms with Crippen molar-refractivity contribution in [1.82, 2.24) is 9.29 Å². The Bertz CT molecular complexity index is 1270. The highest BCUT2D eigenvalue weighted by atomic mass is 35.5. The van der Waals surface area contributed by atoms with E-state index in [1.54, 1.807) is 43.5 Å². The Labute approximate surface area is 190 Å². The number of hydrogen-bond acceptors (Lipinski definition) is 6. The molecule has 1 aromatic heterocycles. The zero-order chi connectivity index (χ0) is 22.7. The Morgan fingerprint density at radius 3 is 2.72 bits per heavy atom. The van der Waals surface area contributed by atoms with E-state index in [2.05, 4.69) is 4.98 Å². The van der Waals surface area contributed by atoms with Crippen LogP contribution in [-0.4, -0.2) is 57.3 Å². The Hall–Kier alpha value is -2.43. The van der Waals surface area contributed by atoms with Crippen molar-refractivity contribution in [3.05, 3.63) is 69.5 Å². The Morgan fingerprint density at radius 1 is 1.19 bits per heavy atom. The van der Waals surface area contributed by atoms with Crippen LogP contribution in [0.3, 0.4) is 0 Å². The van der Waals surface area contributed by atoms with Crippen LogP contribution < -0.4 is 10.3 Å². The van der Waals surface area contributed by atoms with E-state index in [1.165, 1.54) is 16.4 Å². The van der Waals surface area contributed by atoms with Gasteiger partial charge in [0.15, 0.2) is 0 Å². The molecule has 2 aromatic carbocycles. The van der Waals surface area contributed by atoms with E-state index in [9.17, 15) is 13.2 Å². The van der Waals surface area contributed by atoms with Gasteiger partial charge in [-0.15, -0.1) is 0 Å². The lowest BCUT2D eigenvalue weighted by Crippen LogP contribution is -2.43. The van der Waals surface area contributed by atoms with Crippen LogP contribution in [0.25, 0.3) is 10.9 Å². The molecule has 1 aliphatic heterocycles. The largest absolute Gasteiger partial charge is 0.497 e. The lowest BCUT2D eigenvalue weighted by atomic mass is 10.1. The van der Waals surface area contributed by atoms with Crippen LogP contribution >= 0.6 is 11.6 Å². The molecule has 1 N–H and O–H groups in total. The number of aromatic nitrogens is 1. The van der Waals surface area contributed by atoms with Gasteiger partial charge < -0.3 is 19.2 Å². The number of H-pyrrole nitrogens is 1. The van der Waals surface area contributed by atoms with Crippen LogP contribution in [0.1, 0.15) is 5.56 Å². The van der Waals surface area contributed by atoms with Gasteiger partial charge in [-0.05, 0) is 35.7 Å². The molecule has 8 nitrogen and oxygen atoms in total. The minimum absolute atomic E-state index is 0.0215. The lowest BCUT2D eigenvalue weighted by Gasteiger charge is -2.29. The summed E-state index contributed by atoms with van der Waals surface area (Å²) in [6.07, 6.45) is -0.454. The maximum atomic E-state index is 13.5. The molecule has 0 radical (unpaired) electrons. The van der Waals surface area contributed by atoms with Gasteiger partial charge in [-0.2, -0.15) is 4.31 Å². The molecule has 32 heavy (non-hydrogen) atoms. The van der Waals surface area contributed by atoms with Crippen LogP contribution in [0.4, 0.5) is 0 Å². The SMILES string of the molecule is COc1ccc2cc(CN(CC3COCCO3)S(=O)(=O)c3ccccc3Cl)c(=O)[nH]c2c1. The van der Waals surface area contributed by atoms with Gasteiger partial charge in [-0.1, -0.05) is 23.7 Å². The third-order valence-corrected chi connectivity index (χ3v) is 7.53. The second kappa shape index (κ2) is 9.60. The highest BCUT2D eigenvalue weighted by Gasteiger charge is 2.31. The molecule has 3 aromatic rings. The summed E-state index contributed by atoms with van der Waals surface area (Å²) in [6.45, 7) is 0.978. The van der Waals surface area contributed by atoms with Gasteiger partial charge in [0.2, 0.25) is 10.0 Å². The molecular weight excluding hydrogens is 456 g/mol. The summed E-state index contributed by atoms with van der Waals surface area (Å²) in [7, 11) is -2.47. The molecule has 1 fully saturated rings. The van der Waals surface area contributed by atoms with Crippen LogP contribution in [0.15, 0.2) is 58.2 Å². The zero-order valence-corrected chi connectivity index (χ0v) is 19.0. The number of halogens is 1. The van der Waals surface area contributed by atoms with Crippen molar-refractivity contribution in [3.63, 3.8) is 0 Å². The second-order valence-corrected chi connectivity index (χ2v) is 9.69. The van der Waals surface area contributed by atoms with Crippen LogP contribution in [0, 0.1) is 0 Å². The number of nitrogens with zero attached hydrogens (tertiary/aromatic N) is 1. The number of methoxy groups -OCH3 is 1. The Morgan fingerprint density at radius 2 is 2.00 bits per heavy atom. The minimum Gasteiger partial charge on any atom is -0.497 e. The highest BCUT2D eigenvalue weighted by molar-refractivity contribution is 7.89. The zero-order valence-electron chi connectivity index (χ0n) is 17.4. The van der Waals surface area contributed by atoms with E-state index in [0.717, 1.165) is 5.39 Å². The maximum Gasteiger partial charge on any atom is 0.252 e. The molecule has 0 aliphatic carbocycles. The molecule has 1 unspecified atom stereocenters. The van der Waals surface area contributed by atoms with E-state index in [-0.39, 0.29) is 35.2 Å². The van der Waals surface area contributed by atoms with Gasteiger partial charge in [0.25, 0.3) is 5.56 Å². The summed E-state index contributed by atoms with van der Waals surface area (Å²) in [5.41, 5.74) is 0.517. The van der Waals surface area contributed by atoms with E-state index in [4.69, 9.17) is 25.8 Å². The number of ether oxygens (including phenoxy) is 3. The predicted octanol–water partition coefficient (Wildman–Crippen LogP) is 2.80. The fourth-order valence-electron chi connectivity index (χ4n) is 3.57. The molecule has 170 valence electrons. The van der Waals surface area contributed by atoms with Gasteiger partial charge in [-0.3, -0.25) is 4.79 Å². The van der Waals surface area contributed by atoms with Crippen molar-refractivity contribution >= 4 is 32.5 Å². The quantitative estimate of drug-likeness (QED) is 0.560. The van der Waals surface area contributed by atoms with Gasteiger partial charge in [0.05, 0.1) is 43.6 Å². The molecule has 10 heteroatoms. The van der Waals surface area contributed by atoms with Crippen molar-refractivity contribution in [2.24, 2.45) is 0 Å². The molecule has 0 saturated carbocycles. The topological polar surface area (TPSA) is 97.9 Å². The summed E-state index contributed by atoms with van der Waals surface area (Å²) < 4.78 is 44.5. The number of aromatic amines is 1. The van der Waals surface area contributed by atoms with Crippen molar-refractivity contribution in [2.45, 2.75) is 17.5 Å². The van der Waals surface area contributed by atoms with Crippen LogP contribution in [-0.2, 0) is 26.0 Å². The number of nitrogens with one attached hydrogen (secondary N) is 1. The smallest absolute Gasteiger partial charge is 0.252 e. The van der Waals surface area contributed by atoms with E-state index < -0.39 is 16.1 Å². The molecule has 1 saturated heterocycles. The molecule has 0 spiro atoms. The monoisotopic (exact) mass is 478 g/mol. The second-order valence-electron chi connectivity index (χ2n) is 7.37. The summed E-state index contributed by atoms with van der Waals surface area (Å²) in [6, 6.07) is 13.2. The normalized spacial score (nSPS) is 17.0. The Kier molecular flexibility index (Phi) is 6.82. The summed E-state index contributed by atoms with van der Waals surface area (Å²) in [5.74, 6) is 0.610. The molecule has 1 atom stereocenters. The first-order valence-electron chi connectivity index (χ1n) is 10.0. The van der Waals surface area contributed by atoms with Crippen molar-refractivity contribution in [2.75, 3.05) is 33.5 Å².